The summed E-state index contributed by atoms with van der Waals surface area (Å²) in [6, 6.07) is 6.30. The molecule has 1 fully saturated rings. The molecule has 1 amide bonds. The Kier molecular flexibility index (Phi) is 5.18. The summed E-state index contributed by atoms with van der Waals surface area (Å²) >= 11 is 0. The molecule has 0 unspecified atom stereocenters. The van der Waals surface area contributed by atoms with Crippen molar-refractivity contribution in [2.75, 3.05) is 26.7 Å². The third-order valence-corrected chi connectivity index (χ3v) is 4.34. The molecular formula is C17H26N2O. The summed E-state index contributed by atoms with van der Waals surface area (Å²) in [5.74, 6) is 0.886. The largest absolute Gasteiger partial charge is 0.345 e. The fraction of sp³-hybridized carbons (Fsp3) is 0.588. The second-order valence-electron chi connectivity index (χ2n) is 6.06. The lowest BCUT2D eigenvalue weighted by atomic mass is 9.97. The van der Waals surface area contributed by atoms with Crippen molar-refractivity contribution in [2.24, 2.45) is 5.92 Å². The molecule has 1 aliphatic heterocycles. The van der Waals surface area contributed by atoms with Crippen LogP contribution in [0.25, 0.3) is 0 Å². The number of benzene rings is 1. The fourth-order valence-electron chi connectivity index (χ4n) is 2.78. The van der Waals surface area contributed by atoms with Crippen molar-refractivity contribution in [1.82, 2.24) is 10.2 Å². The van der Waals surface area contributed by atoms with Crippen molar-refractivity contribution in [2.45, 2.75) is 33.1 Å². The molecular weight excluding hydrogens is 248 g/mol. The average molecular weight is 274 g/mol. The molecule has 20 heavy (non-hydrogen) atoms. The zero-order valence-electron chi connectivity index (χ0n) is 12.9. The maximum absolute atomic E-state index is 12.3. The van der Waals surface area contributed by atoms with E-state index in [0.29, 0.717) is 12.3 Å². The van der Waals surface area contributed by atoms with Crippen LogP contribution in [0.4, 0.5) is 0 Å². The van der Waals surface area contributed by atoms with Crippen LogP contribution in [0.5, 0.6) is 0 Å². The van der Waals surface area contributed by atoms with Gasteiger partial charge in [-0.15, -0.1) is 0 Å². The summed E-state index contributed by atoms with van der Waals surface area (Å²) in [6.07, 6.45) is 2.88. The van der Waals surface area contributed by atoms with Crippen molar-refractivity contribution in [3.05, 3.63) is 34.9 Å². The summed E-state index contributed by atoms with van der Waals surface area (Å²) in [4.78, 5) is 14.2. The predicted octanol–water partition coefficient (Wildman–Crippen LogP) is 2.30. The first-order chi connectivity index (χ1) is 9.56. The number of hydrogen-bond acceptors (Lipinski definition) is 2. The first kappa shape index (κ1) is 15.0. The number of piperidine rings is 1. The molecule has 3 heteroatoms. The number of carbonyl (C=O) groups excluding carboxylic acids is 1. The van der Waals surface area contributed by atoms with Gasteiger partial charge in [-0.3, -0.25) is 4.79 Å². The molecule has 1 N–H and O–H groups in total. The van der Waals surface area contributed by atoms with Crippen LogP contribution in [-0.4, -0.2) is 37.5 Å². The third-order valence-electron chi connectivity index (χ3n) is 4.34. The maximum atomic E-state index is 12.3. The van der Waals surface area contributed by atoms with Crippen LogP contribution in [0.1, 0.15) is 29.5 Å². The van der Waals surface area contributed by atoms with E-state index in [4.69, 9.17) is 0 Å². The molecule has 0 bridgehead atoms. The predicted molar refractivity (Wildman–Crippen MR) is 82.9 cm³/mol. The van der Waals surface area contributed by atoms with E-state index < -0.39 is 0 Å². The van der Waals surface area contributed by atoms with E-state index in [2.05, 4.69) is 37.4 Å². The van der Waals surface area contributed by atoms with Crippen molar-refractivity contribution in [3.8, 4) is 0 Å². The number of hydrogen-bond donors (Lipinski definition) is 1. The molecule has 0 aliphatic carbocycles. The summed E-state index contributed by atoms with van der Waals surface area (Å²) in [5.41, 5.74) is 3.66. The van der Waals surface area contributed by atoms with Gasteiger partial charge in [-0.05, 0) is 62.4 Å². The second-order valence-corrected chi connectivity index (χ2v) is 6.06. The Labute approximate surface area is 122 Å². The summed E-state index contributed by atoms with van der Waals surface area (Å²) < 4.78 is 0. The molecule has 3 nitrogen and oxygen atoms in total. The zero-order valence-corrected chi connectivity index (χ0v) is 12.9. The average Bonchev–Trinajstić information content (AvgIpc) is 2.44. The quantitative estimate of drug-likeness (QED) is 0.914. The first-order valence-corrected chi connectivity index (χ1v) is 7.57. The number of carbonyl (C=O) groups is 1. The molecule has 1 saturated heterocycles. The minimum Gasteiger partial charge on any atom is -0.345 e. The van der Waals surface area contributed by atoms with Crippen LogP contribution in [0.15, 0.2) is 18.2 Å². The molecule has 1 heterocycles. The molecule has 2 rings (SSSR count). The van der Waals surface area contributed by atoms with E-state index in [0.717, 1.165) is 25.2 Å². The summed E-state index contributed by atoms with van der Waals surface area (Å²) in [5, 5.41) is 3.37. The molecule has 0 atom stereocenters. The van der Waals surface area contributed by atoms with Gasteiger partial charge in [0.15, 0.2) is 0 Å². The van der Waals surface area contributed by atoms with E-state index in [9.17, 15) is 4.79 Å². The standard InChI is InChI=1S/C17H26N2O/c1-13-4-5-16(10-14(13)2)11-17(20)19(3)12-15-6-8-18-9-7-15/h4-5,10,15,18H,6-9,11-12H2,1-3H3. The van der Waals surface area contributed by atoms with Gasteiger partial charge in [-0.2, -0.15) is 0 Å². The normalized spacial score (nSPS) is 16.1. The van der Waals surface area contributed by atoms with Crippen LogP contribution >= 0.6 is 0 Å². The zero-order chi connectivity index (χ0) is 14.5. The Bertz CT molecular complexity index is 464. The summed E-state index contributed by atoms with van der Waals surface area (Å²) in [7, 11) is 1.94. The molecule has 0 radical (unpaired) electrons. The van der Waals surface area contributed by atoms with Crippen LogP contribution in [0.2, 0.25) is 0 Å². The van der Waals surface area contributed by atoms with Crippen LogP contribution in [-0.2, 0) is 11.2 Å². The monoisotopic (exact) mass is 274 g/mol. The Morgan fingerprint density at radius 2 is 1.95 bits per heavy atom. The van der Waals surface area contributed by atoms with Crippen LogP contribution in [0.3, 0.4) is 0 Å². The maximum Gasteiger partial charge on any atom is 0.226 e. The Hall–Kier alpha value is -1.35. The number of amides is 1. The van der Waals surface area contributed by atoms with Crippen molar-refractivity contribution in [3.63, 3.8) is 0 Å². The van der Waals surface area contributed by atoms with E-state index in [1.807, 2.05) is 11.9 Å². The molecule has 0 spiro atoms. The van der Waals surface area contributed by atoms with E-state index in [-0.39, 0.29) is 5.91 Å². The topological polar surface area (TPSA) is 32.3 Å². The van der Waals surface area contributed by atoms with Gasteiger partial charge < -0.3 is 10.2 Å². The Balaban J connectivity index is 1.88. The van der Waals surface area contributed by atoms with Gasteiger partial charge in [-0.1, -0.05) is 18.2 Å². The van der Waals surface area contributed by atoms with Crippen LogP contribution < -0.4 is 5.32 Å². The fourth-order valence-corrected chi connectivity index (χ4v) is 2.78. The van der Waals surface area contributed by atoms with Crippen molar-refractivity contribution >= 4 is 5.91 Å². The second kappa shape index (κ2) is 6.89. The molecule has 1 aromatic rings. The van der Waals surface area contributed by atoms with Crippen LogP contribution in [0, 0.1) is 19.8 Å². The summed E-state index contributed by atoms with van der Waals surface area (Å²) in [6.45, 7) is 7.27. The lowest BCUT2D eigenvalue weighted by Crippen LogP contribution is -2.37. The molecule has 1 aromatic carbocycles. The highest BCUT2D eigenvalue weighted by molar-refractivity contribution is 5.78. The lowest BCUT2D eigenvalue weighted by Gasteiger charge is -2.27. The van der Waals surface area contributed by atoms with Gasteiger partial charge in [-0.25, -0.2) is 0 Å². The van der Waals surface area contributed by atoms with Crippen molar-refractivity contribution in [1.29, 1.82) is 0 Å². The third kappa shape index (κ3) is 4.07. The lowest BCUT2D eigenvalue weighted by molar-refractivity contribution is -0.129. The molecule has 0 aromatic heterocycles. The van der Waals surface area contributed by atoms with Gasteiger partial charge in [0, 0.05) is 13.6 Å². The van der Waals surface area contributed by atoms with Gasteiger partial charge in [0.25, 0.3) is 0 Å². The Morgan fingerprint density at radius 1 is 1.25 bits per heavy atom. The van der Waals surface area contributed by atoms with Gasteiger partial charge in [0.05, 0.1) is 6.42 Å². The smallest absolute Gasteiger partial charge is 0.226 e. The highest BCUT2D eigenvalue weighted by Crippen LogP contribution is 2.14. The number of nitrogens with zero attached hydrogens (tertiary/aromatic N) is 1. The highest BCUT2D eigenvalue weighted by Gasteiger charge is 2.18. The number of likely N-dealkylation sites (N-methyl/N-ethyl adjacent to an activating group) is 1. The van der Waals surface area contributed by atoms with E-state index in [1.165, 1.54) is 24.0 Å². The van der Waals surface area contributed by atoms with E-state index in [1.54, 1.807) is 0 Å². The Morgan fingerprint density at radius 3 is 2.60 bits per heavy atom. The molecule has 110 valence electrons. The van der Waals surface area contributed by atoms with Gasteiger partial charge in [0.2, 0.25) is 5.91 Å². The number of aryl methyl sites for hydroxylation is 2. The minimum atomic E-state index is 0.229. The number of nitrogens with one attached hydrogen (secondary N) is 1. The van der Waals surface area contributed by atoms with Crippen molar-refractivity contribution < 1.29 is 4.79 Å². The van der Waals surface area contributed by atoms with Gasteiger partial charge >= 0.3 is 0 Å². The number of rotatable bonds is 4. The highest BCUT2D eigenvalue weighted by atomic mass is 16.2. The first-order valence-electron chi connectivity index (χ1n) is 7.57. The SMILES string of the molecule is Cc1ccc(CC(=O)N(C)CC2CCNCC2)cc1C. The molecule has 1 aliphatic rings. The molecule has 0 saturated carbocycles. The van der Waals surface area contributed by atoms with Gasteiger partial charge in [0.1, 0.15) is 0 Å². The van der Waals surface area contributed by atoms with E-state index >= 15 is 0 Å². The minimum absolute atomic E-state index is 0.229.